The first-order valence-electron chi connectivity index (χ1n) is 7.30. The molecular weight excluding hydrogens is 236 g/mol. The van der Waals surface area contributed by atoms with Crippen LogP contribution in [-0.2, 0) is 12.5 Å². The highest BCUT2D eigenvalue weighted by molar-refractivity contribution is 5.32. The lowest BCUT2D eigenvalue weighted by Crippen LogP contribution is -2.17. The Balaban J connectivity index is 2.33. The van der Waals surface area contributed by atoms with E-state index in [0.29, 0.717) is 0 Å². The van der Waals surface area contributed by atoms with Crippen molar-refractivity contribution in [3.05, 3.63) is 29.1 Å². The molecule has 1 aliphatic rings. The lowest BCUT2D eigenvalue weighted by Gasteiger charge is -2.21. The van der Waals surface area contributed by atoms with Crippen molar-refractivity contribution >= 4 is 0 Å². The molecule has 2 rings (SSSR count). The van der Waals surface area contributed by atoms with Gasteiger partial charge in [-0.3, -0.25) is 4.68 Å². The van der Waals surface area contributed by atoms with Gasteiger partial charge in [0.05, 0.1) is 5.69 Å². The standard InChI is InChI=1S/C16H26N2O/c1-16(2,3)15-13(11-18(4)17-15)14(19)12-9-7-5-6-8-10-12/h9,11,14,19H,5-8,10H2,1-4H3. The van der Waals surface area contributed by atoms with Crippen molar-refractivity contribution in [2.45, 2.75) is 64.4 Å². The van der Waals surface area contributed by atoms with E-state index < -0.39 is 6.10 Å². The molecule has 0 amide bonds. The van der Waals surface area contributed by atoms with Gasteiger partial charge in [-0.15, -0.1) is 0 Å². The maximum Gasteiger partial charge on any atom is 0.103 e. The average molecular weight is 262 g/mol. The molecule has 1 unspecified atom stereocenters. The topological polar surface area (TPSA) is 38.0 Å². The first-order valence-corrected chi connectivity index (χ1v) is 7.30. The number of nitrogens with zero attached hydrogens (tertiary/aromatic N) is 2. The summed E-state index contributed by atoms with van der Waals surface area (Å²) in [4.78, 5) is 0. The van der Waals surface area contributed by atoms with Gasteiger partial charge >= 0.3 is 0 Å². The Kier molecular flexibility index (Phi) is 4.14. The molecule has 3 heteroatoms. The Bertz CT molecular complexity index is 466. The van der Waals surface area contributed by atoms with E-state index in [1.165, 1.54) is 24.8 Å². The van der Waals surface area contributed by atoms with E-state index >= 15 is 0 Å². The molecule has 0 bridgehead atoms. The zero-order valence-corrected chi connectivity index (χ0v) is 12.6. The first-order chi connectivity index (χ1) is 8.89. The van der Waals surface area contributed by atoms with E-state index in [0.717, 1.165) is 24.1 Å². The molecule has 19 heavy (non-hydrogen) atoms. The summed E-state index contributed by atoms with van der Waals surface area (Å²) in [6, 6.07) is 0. The second-order valence-corrected chi connectivity index (χ2v) is 6.64. The van der Waals surface area contributed by atoms with Gasteiger partial charge in [0.1, 0.15) is 6.10 Å². The Morgan fingerprint density at radius 1 is 1.26 bits per heavy atom. The van der Waals surface area contributed by atoms with Crippen LogP contribution in [0.25, 0.3) is 0 Å². The van der Waals surface area contributed by atoms with Crippen molar-refractivity contribution in [1.82, 2.24) is 9.78 Å². The molecule has 1 aromatic heterocycles. The van der Waals surface area contributed by atoms with Crippen LogP contribution in [0.5, 0.6) is 0 Å². The molecule has 3 nitrogen and oxygen atoms in total. The third kappa shape index (κ3) is 3.27. The van der Waals surface area contributed by atoms with E-state index in [-0.39, 0.29) is 5.41 Å². The molecule has 1 heterocycles. The smallest absolute Gasteiger partial charge is 0.103 e. The molecular formula is C16H26N2O. The second-order valence-electron chi connectivity index (χ2n) is 6.64. The van der Waals surface area contributed by atoms with Crippen molar-refractivity contribution < 1.29 is 5.11 Å². The van der Waals surface area contributed by atoms with E-state index in [9.17, 15) is 5.11 Å². The zero-order valence-electron chi connectivity index (χ0n) is 12.6. The Labute approximate surface area is 116 Å². The van der Waals surface area contributed by atoms with Crippen molar-refractivity contribution in [2.24, 2.45) is 7.05 Å². The summed E-state index contributed by atoms with van der Waals surface area (Å²) in [5.74, 6) is 0. The molecule has 1 atom stereocenters. The van der Waals surface area contributed by atoms with Crippen LogP contribution >= 0.6 is 0 Å². The summed E-state index contributed by atoms with van der Waals surface area (Å²) >= 11 is 0. The third-order valence-corrected chi connectivity index (χ3v) is 3.79. The quantitative estimate of drug-likeness (QED) is 0.826. The van der Waals surface area contributed by atoms with Crippen molar-refractivity contribution in [1.29, 1.82) is 0 Å². The molecule has 106 valence electrons. The molecule has 0 fully saturated rings. The lowest BCUT2D eigenvalue weighted by atomic mass is 9.86. The van der Waals surface area contributed by atoms with Crippen LogP contribution in [0.3, 0.4) is 0 Å². The number of rotatable bonds is 2. The van der Waals surface area contributed by atoms with Crippen molar-refractivity contribution in [3.63, 3.8) is 0 Å². The van der Waals surface area contributed by atoms with Gasteiger partial charge in [-0.25, -0.2) is 0 Å². The highest BCUT2D eigenvalue weighted by Gasteiger charge is 2.27. The van der Waals surface area contributed by atoms with Crippen molar-refractivity contribution in [3.8, 4) is 0 Å². The number of aromatic nitrogens is 2. The number of hydrogen-bond donors (Lipinski definition) is 1. The third-order valence-electron chi connectivity index (χ3n) is 3.79. The highest BCUT2D eigenvalue weighted by atomic mass is 16.3. The Morgan fingerprint density at radius 3 is 2.68 bits per heavy atom. The minimum absolute atomic E-state index is 0.0388. The molecule has 0 radical (unpaired) electrons. The van der Waals surface area contributed by atoms with Gasteiger partial charge in [0.15, 0.2) is 0 Å². The maximum absolute atomic E-state index is 10.7. The van der Waals surface area contributed by atoms with Crippen LogP contribution in [0.2, 0.25) is 0 Å². The Hall–Kier alpha value is -1.09. The molecule has 0 saturated carbocycles. The fourth-order valence-corrected chi connectivity index (χ4v) is 2.78. The number of hydrogen-bond acceptors (Lipinski definition) is 2. The van der Waals surface area contributed by atoms with Gasteiger partial charge in [0.2, 0.25) is 0 Å². The minimum atomic E-state index is -0.485. The molecule has 0 aromatic carbocycles. The highest BCUT2D eigenvalue weighted by Crippen LogP contribution is 2.34. The molecule has 0 spiro atoms. The lowest BCUT2D eigenvalue weighted by molar-refractivity contribution is 0.208. The summed E-state index contributed by atoms with van der Waals surface area (Å²) in [7, 11) is 1.92. The predicted molar refractivity (Wildman–Crippen MR) is 78.0 cm³/mol. The normalized spacial score (nSPS) is 18.9. The fraction of sp³-hybridized carbons (Fsp3) is 0.688. The van der Waals surface area contributed by atoms with Crippen LogP contribution in [0, 0.1) is 0 Å². The van der Waals surface area contributed by atoms with E-state index in [1.54, 1.807) is 0 Å². The summed E-state index contributed by atoms with van der Waals surface area (Å²) in [5.41, 5.74) is 3.12. The monoisotopic (exact) mass is 262 g/mol. The van der Waals surface area contributed by atoms with Crippen molar-refractivity contribution in [2.75, 3.05) is 0 Å². The minimum Gasteiger partial charge on any atom is -0.384 e. The van der Waals surface area contributed by atoms with Crippen LogP contribution < -0.4 is 0 Å². The average Bonchev–Trinajstić information content (AvgIpc) is 2.57. The number of allylic oxidation sites excluding steroid dienone is 1. The van der Waals surface area contributed by atoms with Crippen LogP contribution in [0.4, 0.5) is 0 Å². The molecule has 1 aliphatic carbocycles. The van der Waals surface area contributed by atoms with E-state index in [1.807, 2.05) is 17.9 Å². The SMILES string of the molecule is Cn1cc(C(O)C2=CCCCCC2)c(C(C)(C)C)n1. The Morgan fingerprint density at radius 2 is 2.00 bits per heavy atom. The van der Waals surface area contributed by atoms with Gasteiger partial charge in [-0.1, -0.05) is 33.3 Å². The number of aliphatic hydroxyl groups excluding tert-OH is 1. The van der Waals surface area contributed by atoms with Gasteiger partial charge in [0, 0.05) is 24.2 Å². The van der Waals surface area contributed by atoms with E-state index in [2.05, 4.69) is 31.9 Å². The molecule has 1 aromatic rings. The largest absolute Gasteiger partial charge is 0.384 e. The zero-order chi connectivity index (χ0) is 14.0. The summed E-state index contributed by atoms with van der Waals surface area (Å²) in [6.45, 7) is 6.44. The maximum atomic E-state index is 10.7. The van der Waals surface area contributed by atoms with Crippen LogP contribution in [0.1, 0.15) is 70.2 Å². The number of aryl methyl sites for hydroxylation is 1. The summed E-state index contributed by atoms with van der Waals surface area (Å²) < 4.78 is 1.82. The molecule has 0 saturated heterocycles. The number of aliphatic hydroxyl groups is 1. The first kappa shape index (κ1) is 14.3. The molecule has 1 N–H and O–H groups in total. The molecule has 0 aliphatic heterocycles. The fourth-order valence-electron chi connectivity index (χ4n) is 2.78. The predicted octanol–water partition coefficient (Wildman–Crippen LogP) is 3.64. The van der Waals surface area contributed by atoms with Crippen LogP contribution in [0.15, 0.2) is 17.8 Å². The van der Waals surface area contributed by atoms with Crippen LogP contribution in [-0.4, -0.2) is 14.9 Å². The van der Waals surface area contributed by atoms with Gasteiger partial charge in [-0.05, 0) is 31.3 Å². The summed E-state index contributed by atoms with van der Waals surface area (Å²) in [5, 5.41) is 15.3. The van der Waals surface area contributed by atoms with Gasteiger partial charge in [-0.2, -0.15) is 5.10 Å². The van der Waals surface area contributed by atoms with Gasteiger partial charge in [0.25, 0.3) is 0 Å². The second kappa shape index (κ2) is 5.49. The summed E-state index contributed by atoms with van der Waals surface area (Å²) in [6.07, 6.45) is 9.53. The van der Waals surface area contributed by atoms with E-state index in [4.69, 9.17) is 0 Å². The van der Waals surface area contributed by atoms with Gasteiger partial charge < -0.3 is 5.11 Å².